The topological polar surface area (TPSA) is 96.8 Å². The lowest BCUT2D eigenvalue weighted by atomic mass is 9.94. The molecule has 0 radical (unpaired) electrons. The molecule has 1 fully saturated rings. The average Bonchev–Trinajstić information content (AvgIpc) is 3.45. The van der Waals surface area contributed by atoms with E-state index in [9.17, 15) is 19.5 Å². The Bertz CT molecular complexity index is 1440. The molecule has 1 saturated heterocycles. The number of thiazole rings is 1. The molecule has 0 spiro atoms. The van der Waals surface area contributed by atoms with E-state index in [2.05, 4.69) is 4.98 Å². The van der Waals surface area contributed by atoms with Gasteiger partial charge in [-0.05, 0) is 55.3 Å². The van der Waals surface area contributed by atoms with Crippen LogP contribution in [0.4, 0.5) is 5.13 Å². The highest BCUT2D eigenvalue weighted by Crippen LogP contribution is 2.44. The number of halogens is 1. The van der Waals surface area contributed by atoms with Crippen LogP contribution < -0.4 is 9.64 Å². The molecule has 1 amide bonds. The van der Waals surface area contributed by atoms with Gasteiger partial charge in [-0.2, -0.15) is 0 Å². The number of aliphatic hydroxyl groups excluding tert-OH is 1. The second-order valence-electron chi connectivity index (χ2n) is 8.65. The van der Waals surface area contributed by atoms with Crippen LogP contribution in [0.1, 0.15) is 51.9 Å². The van der Waals surface area contributed by atoms with Gasteiger partial charge in [0.05, 0.1) is 22.2 Å². The number of ketones is 2. The molecule has 35 heavy (non-hydrogen) atoms. The number of carbonyl (C=O) groups excluding carboxylic acids is 3. The zero-order chi connectivity index (χ0) is 25.0. The van der Waals surface area contributed by atoms with Gasteiger partial charge in [0, 0.05) is 23.9 Å². The van der Waals surface area contributed by atoms with Gasteiger partial charge in [0.15, 0.2) is 10.9 Å². The quantitative estimate of drug-likeness (QED) is 0.223. The molecular formula is C26H21ClN2O5S. The lowest BCUT2D eigenvalue weighted by Crippen LogP contribution is -2.29. The van der Waals surface area contributed by atoms with Crippen LogP contribution in [0.15, 0.2) is 48.0 Å². The van der Waals surface area contributed by atoms with E-state index >= 15 is 0 Å². The molecular weight excluding hydrogens is 488 g/mol. The molecule has 3 aromatic rings. The molecule has 2 aliphatic heterocycles. The number of aliphatic hydroxyl groups is 1. The fourth-order valence-corrected chi connectivity index (χ4v) is 5.75. The number of fused-ring (bicyclic) bond motifs is 1. The maximum atomic E-state index is 13.3. The largest absolute Gasteiger partial charge is 0.507 e. The highest BCUT2D eigenvalue weighted by molar-refractivity contribution is 7.18. The Morgan fingerprint density at radius 1 is 1.23 bits per heavy atom. The van der Waals surface area contributed by atoms with Crippen molar-refractivity contribution in [2.75, 3.05) is 4.90 Å². The van der Waals surface area contributed by atoms with Gasteiger partial charge in [-0.1, -0.05) is 35.1 Å². The first-order valence-electron chi connectivity index (χ1n) is 11.0. The van der Waals surface area contributed by atoms with Crippen LogP contribution in [0.3, 0.4) is 0 Å². The van der Waals surface area contributed by atoms with Crippen molar-refractivity contribution in [1.82, 2.24) is 4.98 Å². The summed E-state index contributed by atoms with van der Waals surface area (Å²) in [6, 6.07) is 11.0. The number of anilines is 1. The molecule has 178 valence electrons. The molecule has 1 N–H and O–H groups in total. The second kappa shape index (κ2) is 8.62. The molecule has 0 saturated carbocycles. The van der Waals surface area contributed by atoms with Crippen molar-refractivity contribution in [1.29, 1.82) is 0 Å². The van der Waals surface area contributed by atoms with E-state index in [0.29, 0.717) is 33.1 Å². The molecule has 2 aromatic carbocycles. The Labute approximate surface area is 210 Å². The second-order valence-corrected chi connectivity index (χ2v) is 10.1. The molecule has 0 aliphatic carbocycles. The highest BCUT2D eigenvalue weighted by atomic mass is 35.5. The zero-order valence-electron chi connectivity index (χ0n) is 19.2. The van der Waals surface area contributed by atoms with Gasteiger partial charge in [0.2, 0.25) is 0 Å². The van der Waals surface area contributed by atoms with Crippen LogP contribution in [0.25, 0.3) is 5.76 Å². The highest BCUT2D eigenvalue weighted by Gasteiger charge is 2.48. The Morgan fingerprint density at radius 2 is 2.00 bits per heavy atom. The van der Waals surface area contributed by atoms with E-state index < -0.39 is 17.7 Å². The number of ether oxygens (including phenoxy) is 1. The number of amides is 1. The fraction of sp³-hybridized carbons (Fsp3) is 0.231. The predicted octanol–water partition coefficient (Wildman–Crippen LogP) is 5.26. The monoisotopic (exact) mass is 508 g/mol. The van der Waals surface area contributed by atoms with Crippen molar-refractivity contribution in [3.05, 3.63) is 80.3 Å². The zero-order valence-corrected chi connectivity index (χ0v) is 20.7. The molecule has 2 aliphatic rings. The van der Waals surface area contributed by atoms with Crippen LogP contribution in [-0.2, 0) is 16.0 Å². The minimum absolute atomic E-state index is 0.0167. The van der Waals surface area contributed by atoms with Crippen LogP contribution in [-0.4, -0.2) is 33.7 Å². The minimum atomic E-state index is -0.970. The van der Waals surface area contributed by atoms with E-state index in [1.165, 1.54) is 11.8 Å². The summed E-state index contributed by atoms with van der Waals surface area (Å²) >= 11 is 7.28. The lowest BCUT2D eigenvalue weighted by Gasteiger charge is -2.23. The number of Topliss-reactive ketones (excluding diaryl/α,β-unsaturated/α-hetero) is 2. The minimum Gasteiger partial charge on any atom is -0.507 e. The van der Waals surface area contributed by atoms with Gasteiger partial charge in [-0.3, -0.25) is 19.3 Å². The van der Waals surface area contributed by atoms with E-state index in [1.807, 2.05) is 6.92 Å². The number of nitrogens with zero attached hydrogens (tertiary/aromatic N) is 2. The molecule has 2 atom stereocenters. The van der Waals surface area contributed by atoms with E-state index in [0.717, 1.165) is 22.6 Å². The summed E-state index contributed by atoms with van der Waals surface area (Å²) in [5.41, 5.74) is 2.26. The number of benzene rings is 2. The summed E-state index contributed by atoms with van der Waals surface area (Å²) in [5.74, 6) is -1.42. The molecule has 7 nitrogen and oxygen atoms in total. The summed E-state index contributed by atoms with van der Waals surface area (Å²) < 4.78 is 5.74. The Balaban J connectivity index is 1.70. The Kier molecular flexibility index (Phi) is 5.73. The Morgan fingerprint density at radius 3 is 2.69 bits per heavy atom. The molecule has 1 aromatic heterocycles. The Hall–Kier alpha value is -3.49. The number of hydrogen-bond donors (Lipinski definition) is 1. The summed E-state index contributed by atoms with van der Waals surface area (Å²) in [6.07, 6.45) is 0.692. The maximum absolute atomic E-state index is 13.3. The lowest BCUT2D eigenvalue weighted by molar-refractivity contribution is -0.132. The van der Waals surface area contributed by atoms with E-state index in [4.69, 9.17) is 16.3 Å². The van der Waals surface area contributed by atoms with Crippen molar-refractivity contribution in [2.24, 2.45) is 0 Å². The molecule has 0 bridgehead atoms. The van der Waals surface area contributed by atoms with Crippen molar-refractivity contribution in [3.63, 3.8) is 0 Å². The van der Waals surface area contributed by atoms with E-state index in [1.54, 1.807) is 49.4 Å². The maximum Gasteiger partial charge on any atom is 0.301 e. The SMILES string of the molecule is CC(=O)c1sc(N2C(=O)C(=O)/C(=C(/O)c3ccc4c(c3)C[C@@H](C)O4)[C@@H]2c2cccc(Cl)c2)nc1C. The third kappa shape index (κ3) is 3.92. The summed E-state index contributed by atoms with van der Waals surface area (Å²) in [4.78, 5) is 44.7. The van der Waals surface area contributed by atoms with Crippen LogP contribution in [0, 0.1) is 6.92 Å². The van der Waals surface area contributed by atoms with Crippen LogP contribution in [0.5, 0.6) is 5.75 Å². The summed E-state index contributed by atoms with van der Waals surface area (Å²) in [5, 5.41) is 12.0. The van der Waals surface area contributed by atoms with Crippen molar-refractivity contribution in [3.8, 4) is 5.75 Å². The van der Waals surface area contributed by atoms with Gasteiger partial charge in [0.1, 0.15) is 17.6 Å². The summed E-state index contributed by atoms with van der Waals surface area (Å²) in [6.45, 7) is 5.05. The molecule has 3 heterocycles. The van der Waals surface area contributed by atoms with Crippen molar-refractivity contribution >= 4 is 51.3 Å². The average molecular weight is 509 g/mol. The fourth-order valence-electron chi connectivity index (χ4n) is 4.56. The first kappa shape index (κ1) is 23.3. The first-order valence-corrected chi connectivity index (χ1v) is 12.2. The number of aromatic nitrogens is 1. The first-order chi connectivity index (χ1) is 16.7. The number of carbonyl (C=O) groups is 3. The molecule has 5 rings (SSSR count). The number of hydrogen-bond acceptors (Lipinski definition) is 7. The predicted molar refractivity (Wildman–Crippen MR) is 133 cm³/mol. The molecule has 9 heteroatoms. The van der Waals surface area contributed by atoms with Gasteiger partial charge < -0.3 is 9.84 Å². The van der Waals surface area contributed by atoms with Gasteiger partial charge in [0.25, 0.3) is 5.78 Å². The molecule has 0 unspecified atom stereocenters. The third-order valence-corrected chi connectivity index (χ3v) is 7.58. The van der Waals surface area contributed by atoms with Gasteiger partial charge in [-0.15, -0.1) is 0 Å². The van der Waals surface area contributed by atoms with E-state index in [-0.39, 0.29) is 28.4 Å². The van der Waals surface area contributed by atoms with Gasteiger partial charge >= 0.3 is 5.91 Å². The van der Waals surface area contributed by atoms with Crippen molar-refractivity contribution < 1.29 is 24.2 Å². The summed E-state index contributed by atoms with van der Waals surface area (Å²) in [7, 11) is 0. The normalized spacial score (nSPS) is 20.7. The third-order valence-electron chi connectivity index (χ3n) is 6.09. The van der Waals surface area contributed by atoms with Gasteiger partial charge in [-0.25, -0.2) is 4.98 Å². The number of rotatable bonds is 4. The standard InChI is InChI=1S/C26H21ClN2O5S/c1-12-9-17-10-16(7-8-19(17)34-12)22(31)20-21(15-5-4-6-18(27)11-15)29(25(33)23(20)32)26-28-13(2)24(35-26)14(3)30/h4-8,10-12,21,31H,9H2,1-3H3/b22-20+/t12-,21+/m1/s1. The van der Waals surface area contributed by atoms with Crippen LogP contribution in [0.2, 0.25) is 5.02 Å². The smallest absolute Gasteiger partial charge is 0.301 e. The number of aryl methyl sites for hydroxylation is 1. The van der Waals surface area contributed by atoms with Crippen molar-refractivity contribution in [2.45, 2.75) is 39.3 Å². The van der Waals surface area contributed by atoms with Crippen LogP contribution >= 0.6 is 22.9 Å².